The Balaban J connectivity index is 1.43. The van der Waals surface area contributed by atoms with Gasteiger partial charge in [0.15, 0.2) is 0 Å². The monoisotopic (exact) mass is 354 g/mol. The van der Waals surface area contributed by atoms with Gasteiger partial charge < -0.3 is 19.7 Å². The van der Waals surface area contributed by atoms with Crippen LogP contribution in [0.2, 0.25) is 0 Å². The molecule has 2 aliphatic rings. The molecule has 2 aliphatic heterocycles. The van der Waals surface area contributed by atoms with Gasteiger partial charge in [-0.1, -0.05) is 18.2 Å². The fourth-order valence-corrected chi connectivity index (χ4v) is 3.95. The second-order valence-electron chi connectivity index (χ2n) is 7.10. The summed E-state index contributed by atoms with van der Waals surface area (Å²) in [6.45, 7) is 4.56. The molecule has 1 aromatic heterocycles. The molecule has 3 heterocycles. The summed E-state index contributed by atoms with van der Waals surface area (Å²) in [4.78, 5) is 16.3. The van der Waals surface area contributed by atoms with E-state index >= 15 is 0 Å². The first-order valence-electron chi connectivity index (χ1n) is 9.43. The summed E-state index contributed by atoms with van der Waals surface area (Å²) < 4.78 is 2.12. The molecule has 1 unspecified atom stereocenters. The van der Waals surface area contributed by atoms with Crippen LogP contribution in [0.5, 0.6) is 0 Å². The van der Waals surface area contributed by atoms with Crippen molar-refractivity contribution in [3.05, 3.63) is 36.2 Å². The SMILES string of the molecule is Cn1c(C2CCNC(=O)CC2)nnc1N1CCN(c2ccccc2)CC1. The van der Waals surface area contributed by atoms with Crippen molar-refractivity contribution in [1.29, 1.82) is 0 Å². The molecule has 2 aromatic rings. The van der Waals surface area contributed by atoms with Gasteiger partial charge in [0.1, 0.15) is 5.82 Å². The number of amides is 1. The van der Waals surface area contributed by atoms with E-state index in [-0.39, 0.29) is 5.91 Å². The topological polar surface area (TPSA) is 66.3 Å². The summed E-state index contributed by atoms with van der Waals surface area (Å²) in [6.07, 6.45) is 2.35. The minimum absolute atomic E-state index is 0.145. The molecule has 1 atom stereocenters. The largest absolute Gasteiger partial charge is 0.368 e. The zero-order valence-electron chi connectivity index (χ0n) is 15.3. The molecular formula is C19H26N6O. The van der Waals surface area contributed by atoms with Crippen molar-refractivity contribution in [3.63, 3.8) is 0 Å². The van der Waals surface area contributed by atoms with Gasteiger partial charge in [0, 0.05) is 57.8 Å². The van der Waals surface area contributed by atoms with Crippen LogP contribution in [0.15, 0.2) is 30.3 Å². The van der Waals surface area contributed by atoms with Crippen LogP contribution in [0.3, 0.4) is 0 Å². The van der Waals surface area contributed by atoms with Crippen molar-refractivity contribution in [2.24, 2.45) is 7.05 Å². The maximum Gasteiger partial charge on any atom is 0.227 e. The molecule has 1 amide bonds. The molecule has 0 aliphatic carbocycles. The molecule has 0 bridgehead atoms. The van der Waals surface area contributed by atoms with E-state index in [9.17, 15) is 4.79 Å². The predicted molar refractivity (Wildman–Crippen MR) is 101 cm³/mol. The third-order valence-electron chi connectivity index (χ3n) is 5.47. The summed E-state index contributed by atoms with van der Waals surface area (Å²) in [5, 5.41) is 11.9. The number of carbonyl (C=O) groups excluding carboxylic acids is 1. The van der Waals surface area contributed by atoms with E-state index in [2.05, 4.69) is 60.2 Å². The number of anilines is 2. The number of rotatable bonds is 3. The molecule has 0 saturated carbocycles. The number of hydrogen-bond donors (Lipinski definition) is 1. The van der Waals surface area contributed by atoms with E-state index in [0.29, 0.717) is 12.3 Å². The maximum atomic E-state index is 11.6. The third-order valence-corrected chi connectivity index (χ3v) is 5.47. The lowest BCUT2D eigenvalue weighted by molar-refractivity contribution is -0.120. The molecule has 7 nitrogen and oxygen atoms in total. The van der Waals surface area contributed by atoms with E-state index in [1.54, 1.807) is 0 Å². The number of nitrogens with zero attached hydrogens (tertiary/aromatic N) is 5. The van der Waals surface area contributed by atoms with Gasteiger partial charge in [-0.2, -0.15) is 0 Å². The summed E-state index contributed by atoms with van der Waals surface area (Å²) in [7, 11) is 2.05. The number of para-hydroxylation sites is 1. The van der Waals surface area contributed by atoms with Gasteiger partial charge in [0.25, 0.3) is 0 Å². The van der Waals surface area contributed by atoms with Crippen molar-refractivity contribution in [1.82, 2.24) is 20.1 Å². The first kappa shape index (κ1) is 16.9. The Bertz CT molecular complexity index is 751. The van der Waals surface area contributed by atoms with Crippen LogP contribution >= 0.6 is 0 Å². The number of nitrogens with one attached hydrogen (secondary N) is 1. The Morgan fingerprint density at radius 3 is 2.50 bits per heavy atom. The highest BCUT2D eigenvalue weighted by molar-refractivity contribution is 5.76. The van der Waals surface area contributed by atoms with Gasteiger partial charge in [0.05, 0.1) is 0 Å². The summed E-state index contributed by atoms with van der Waals surface area (Å²) in [5.74, 6) is 2.39. The zero-order valence-corrected chi connectivity index (χ0v) is 15.3. The Morgan fingerprint density at radius 1 is 1.00 bits per heavy atom. The highest BCUT2D eigenvalue weighted by atomic mass is 16.1. The van der Waals surface area contributed by atoms with E-state index in [0.717, 1.165) is 57.3 Å². The highest BCUT2D eigenvalue weighted by Gasteiger charge is 2.26. The van der Waals surface area contributed by atoms with Gasteiger partial charge in [-0.05, 0) is 25.0 Å². The zero-order chi connectivity index (χ0) is 17.9. The second kappa shape index (κ2) is 7.35. The first-order chi connectivity index (χ1) is 12.7. The molecule has 2 fully saturated rings. The first-order valence-corrected chi connectivity index (χ1v) is 9.43. The van der Waals surface area contributed by atoms with E-state index in [4.69, 9.17) is 0 Å². The minimum Gasteiger partial charge on any atom is -0.368 e. The molecule has 4 rings (SSSR count). The minimum atomic E-state index is 0.145. The quantitative estimate of drug-likeness (QED) is 0.905. The Morgan fingerprint density at radius 2 is 1.73 bits per heavy atom. The Hall–Kier alpha value is -2.57. The van der Waals surface area contributed by atoms with Gasteiger partial charge >= 0.3 is 0 Å². The van der Waals surface area contributed by atoms with Crippen LogP contribution in [-0.4, -0.2) is 53.4 Å². The standard InChI is InChI=1S/C19H26N6O/c1-23-18(15-7-8-17(26)20-10-9-15)21-22-19(23)25-13-11-24(12-14-25)16-5-3-2-4-6-16/h2-6,15H,7-14H2,1H3,(H,20,26). The van der Waals surface area contributed by atoms with Crippen LogP contribution in [0.1, 0.15) is 31.0 Å². The van der Waals surface area contributed by atoms with Gasteiger partial charge in [-0.3, -0.25) is 4.79 Å². The van der Waals surface area contributed by atoms with Crippen molar-refractivity contribution < 1.29 is 4.79 Å². The average molecular weight is 354 g/mol. The Labute approximate surface area is 154 Å². The van der Waals surface area contributed by atoms with E-state index < -0.39 is 0 Å². The lowest BCUT2D eigenvalue weighted by Crippen LogP contribution is -2.47. The average Bonchev–Trinajstić information content (AvgIpc) is 2.93. The summed E-state index contributed by atoms with van der Waals surface area (Å²) in [6, 6.07) is 10.6. The number of piperazine rings is 1. The van der Waals surface area contributed by atoms with Crippen molar-refractivity contribution in [2.75, 3.05) is 42.5 Å². The van der Waals surface area contributed by atoms with Crippen molar-refractivity contribution >= 4 is 17.5 Å². The molecule has 0 radical (unpaired) electrons. The van der Waals surface area contributed by atoms with Crippen molar-refractivity contribution in [2.45, 2.75) is 25.2 Å². The molecule has 138 valence electrons. The molecule has 26 heavy (non-hydrogen) atoms. The third kappa shape index (κ3) is 3.38. The fraction of sp³-hybridized carbons (Fsp3) is 0.526. The summed E-state index contributed by atoms with van der Waals surface area (Å²) >= 11 is 0. The van der Waals surface area contributed by atoms with E-state index in [1.165, 1.54) is 5.69 Å². The number of carbonyl (C=O) groups is 1. The van der Waals surface area contributed by atoms with Crippen LogP contribution in [-0.2, 0) is 11.8 Å². The second-order valence-corrected chi connectivity index (χ2v) is 7.10. The molecule has 0 spiro atoms. The maximum absolute atomic E-state index is 11.6. The molecule has 1 aromatic carbocycles. The molecule has 2 saturated heterocycles. The lowest BCUT2D eigenvalue weighted by atomic mass is 10.00. The number of aromatic nitrogens is 3. The van der Waals surface area contributed by atoms with Gasteiger partial charge in [0.2, 0.25) is 11.9 Å². The molecule has 1 N–H and O–H groups in total. The Kier molecular flexibility index (Phi) is 4.77. The van der Waals surface area contributed by atoms with Crippen molar-refractivity contribution in [3.8, 4) is 0 Å². The normalized spacial score (nSPS) is 21.4. The number of hydrogen-bond acceptors (Lipinski definition) is 5. The van der Waals surface area contributed by atoms with E-state index in [1.807, 2.05) is 7.05 Å². The fourth-order valence-electron chi connectivity index (χ4n) is 3.95. The predicted octanol–water partition coefficient (Wildman–Crippen LogP) is 1.53. The molecular weight excluding hydrogens is 328 g/mol. The van der Waals surface area contributed by atoms with Gasteiger partial charge in [-0.15, -0.1) is 10.2 Å². The van der Waals surface area contributed by atoms with Crippen LogP contribution in [0.25, 0.3) is 0 Å². The van der Waals surface area contributed by atoms with Crippen LogP contribution < -0.4 is 15.1 Å². The highest BCUT2D eigenvalue weighted by Crippen LogP contribution is 2.27. The number of benzene rings is 1. The van der Waals surface area contributed by atoms with Crippen LogP contribution in [0, 0.1) is 0 Å². The molecule has 7 heteroatoms. The van der Waals surface area contributed by atoms with Crippen LogP contribution in [0.4, 0.5) is 11.6 Å². The lowest BCUT2D eigenvalue weighted by Gasteiger charge is -2.36. The van der Waals surface area contributed by atoms with Gasteiger partial charge in [-0.25, -0.2) is 0 Å². The smallest absolute Gasteiger partial charge is 0.227 e. The summed E-state index contributed by atoms with van der Waals surface area (Å²) in [5.41, 5.74) is 1.28.